The number of hydrogen-bond donors (Lipinski definition) is 1. The van der Waals surface area contributed by atoms with Gasteiger partial charge in [0.2, 0.25) is 0 Å². The van der Waals surface area contributed by atoms with Crippen LogP contribution >= 0.6 is 0 Å². The van der Waals surface area contributed by atoms with E-state index in [0.717, 1.165) is 26.1 Å². The van der Waals surface area contributed by atoms with Gasteiger partial charge in [-0.05, 0) is 39.7 Å². The minimum atomic E-state index is -0.270. The predicted molar refractivity (Wildman–Crippen MR) is 81.8 cm³/mol. The molecule has 0 amide bonds. The lowest BCUT2D eigenvalue weighted by molar-refractivity contribution is -0.0711. The van der Waals surface area contributed by atoms with Crippen molar-refractivity contribution in [1.82, 2.24) is 5.32 Å². The molecule has 0 spiro atoms. The summed E-state index contributed by atoms with van der Waals surface area (Å²) in [6, 6.07) is 6.87. The van der Waals surface area contributed by atoms with Crippen LogP contribution in [0, 0.1) is 5.82 Å². The van der Waals surface area contributed by atoms with Crippen LogP contribution in [0.15, 0.2) is 24.3 Å². The number of ether oxygens (including phenoxy) is 2. The Morgan fingerprint density at radius 3 is 2.57 bits per heavy atom. The van der Waals surface area contributed by atoms with Crippen molar-refractivity contribution < 1.29 is 13.9 Å². The molecular formula is C17H26FNO2. The van der Waals surface area contributed by atoms with Crippen LogP contribution in [0.4, 0.5) is 4.39 Å². The molecule has 3 nitrogen and oxygen atoms in total. The first kappa shape index (κ1) is 16.4. The zero-order valence-corrected chi connectivity index (χ0v) is 13.2. The summed E-state index contributed by atoms with van der Waals surface area (Å²) in [5, 5.41) is 3.41. The molecule has 0 bridgehead atoms. The molecular weight excluding hydrogens is 269 g/mol. The molecule has 1 aromatic rings. The molecule has 21 heavy (non-hydrogen) atoms. The van der Waals surface area contributed by atoms with Crippen molar-refractivity contribution >= 4 is 0 Å². The Kier molecular flexibility index (Phi) is 5.73. The molecule has 0 radical (unpaired) electrons. The second-order valence-electron chi connectivity index (χ2n) is 6.59. The minimum Gasteiger partial charge on any atom is -0.381 e. The van der Waals surface area contributed by atoms with Crippen LogP contribution in [0.5, 0.6) is 0 Å². The Morgan fingerprint density at radius 2 is 1.95 bits per heavy atom. The summed E-state index contributed by atoms with van der Waals surface area (Å²) in [7, 11) is 0. The Bertz CT molecular complexity index is 439. The van der Waals surface area contributed by atoms with Gasteiger partial charge in [-0.2, -0.15) is 0 Å². The molecule has 4 heteroatoms. The van der Waals surface area contributed by atoms with Gasteiger partial charge in [0.25, 0.3) is 0 Å². The standard InChI is InChI=1S/C17H26FNO2/c1-17(2,3)19-12-16(14-6-4-5-7-15(14)18)21-13-8-10-20-11-9-13/h4-7,13,16,19H,8-12H2,1-3H3. The molecule has 0 saturated carbocycles. The summed E-state index contributed by atoms with van der Waals surface area (Å²) >= 11 is 0. The van der Waals surface area contributed by atoms with E-state index in [1.165, 1.54) is 6.07 Å². The lowest BCUT2D eigenvalue weighted by atomic mass is 10.0. The summed E-state index contributed by atoms with van der Waals surface area (Å²) in [4.78, 5) is 0. The molecule has 1 saturated heterocycles. The van der Waals surface area contributed by atoms with Gasteiger partial charge in [0.1, 0.15) is 5.82 Å². The van der Waals surface area contributed by atoms with Crippen LogP contribution in [0.3, 0.4) is 0 Å². The molecule has 1 aliphatic heterocycles. The zero-order chi connectivity index (χ0) is 15.3. The molecule has 1 N–H and O–H groups in total. The summed E-state index contributed by atoms with van der Waals surface area (Å²) in [5.41, 5.74) is 0.600. The summed E-state index contributed by atoms with van der Waals surface area (Å²) in [5.74, 6) is -0.203. The van der Waals surface area contributed by atoms with Crippen molar-refractivity contribution in [2.75, 3.05) is 19.8 Å². The molecule has 118 valence electrons. The first-order valence-corrected chi connectivity index (χ1v) is 7.68. The van der Waals surface area contributed by atoms with Crippen molar-refractivity contribution in [1.29, 1.82) is 0 Å². The lowest BCUT2D eigenvalue weighted by Gasteiger charge is -2.30. The van der Waals surface area contributed by atoms with Gasteiger partial charge in [-0.3, -0.25) is 0 Å². The maximum Gasteiger partial charge on any atom is 0.129 e. The summed E-state index contributed by atoms with van der Waals surface area (Å²) in [6.45, 7) is 8.34. The molecule has 1 unspecified atom stereocenters. The van der Waals surface area contributed by atoms with Gasteiger partial charge in [-0.1, -0.05) is 18.2 Å². The van der Waals surface area contributed by atoms with Gasteiger partial charge >= 0.3 is 0 Å². The number of nitrogens with one attached hydrogen (secondary N) is 1. The fraction of sp³-hybridized carbons (Fsp3) is 0.647. The van der Waals surface area contributed by atoms with Crippen LogP contribution in [-0.2, 0) is 9.47 Å². The molecule has 0 aromatic heterocycles. The number of hydrogen-bond acceptors (Lipinski definition) is 3. The third-order valence-corrected chi connectivity index (χ3v) is 3.59. The van der Waals surface area contributed by atoms with Crippen LogP contribution in [0.1, 0.15) is 45.3 Å². The average Bonchev–Trinajstić information content (AvgIpc) is 2.44. The van der Waals surface area contributed by atoms with E-state index in [1.54, 1.807) is 6.07 Å². The monoisotopic (exact) mass is 295 g/mol. The van der Waals surface area contributed by atoms with Crippen molar-refractivity contribution in [3.63, 3.8) is 0 Å². The van der Waals surface area contributed by atoms with Gasteiger partial charge in [-0.15, -0.1) is 0 Å². The predicted octanol–water partition coefficient (Wildman–Crippen LogP) is 3.45. The SMILES string of the molecule is CC(C)(C)NCC(OC1CCOCC1)c1ccccc1F. The maximum absolute atomic E-state index is 14.1. The van der Waals surface area contributed by atoms with Crippen molar-refractivity contribution in [2.45, 2.75) is 51.4 Å². The Balaban J connectivity index is 2.07. The largest absolute Gasteiger partial charge is 0.381 e. The van der Waals surface area contributed by atoms with E-state index in [2.05, 4.69) is 26.1 Å². The number of benzene rings is 1. The van der Waals surface area contributed by atoms with Gasteiger partial charge in [-0.25, -0.2) is 4.39 Å². The fourth-order valence-electron chi connectivity index (χ4n) is 2.41. The second kappa shape index (κ2) is 7.34. The first-order valence-electron chi connectivity index (χ1n) is 7.68. The summed E-state index contributed by atoms with van der Waals surface area (Å²) < 4.78 is 25.6. The highest BCUT2D eigenvalue weighted by atomic mass is 19.1. The van der Waals surface area contributed by atoms with E-state index in [1.807, 2.05) is 12.1 Å². The normalized spacial score (nSPS) is 18.7. The van der Waals surface area contributed by atoms with Crippen LogP contribution in [0.2, 0.25) is 0 Å². The summed E-state index contributed by atoms with van der Waals surface area (Å²) in [6.07, 6.45) is 1.62. The smallest absolute Gasteiger partial charge is 0.129 e. The number of halogens is 1. The molecule has 1 atom stereocenters. The van der Waals surface area contributed by atoms with Crippen molar-refractivity contribution in [2.24, 2.45) is 0 Å². The van der Waals surface area contributed by atoms with Crippen LogP contribution in [-0.4, -0.2) is 31.4 Å². The molecule has 1 aliphatic rings. The maximum atomic E-state index is 14.1. The third kappa shape index (κ3) is 5.38. The second-order valence-corrected chi connectivity index (χ2v) is 6.59. The van der Waals surface area contributed by atoms with Gasteiger partial charge in [0.15, 0.2) is 0 Å². The number of rotatable bonds is 5. The molecule has 1 fully saturated rings. The third-order valence-electron chi connectivity index (χ3n) is 3.59. The molecule has 0 aliphatic carbocycles. The first-order chi connectivity index (χ1) is 9.96. The van der Waals surface area contributed by atoms with E-state index in [0.29, 0.717) is 12.1 Å². The minimum absolute atomic E-state index is 0.0253. The van der Waals surface area contributed by atoms with E-state index in [9.17, 15) is 4.39 Å². The Morgan fingerprint density at radius 1 is 1.29 bits per heavy atom. The lowest BCUT2D eigenvalue weighted by Crippen LogP contribution is -2.40. The van der Waals surface area contributed by atoms with Crippen LogP contribution in [0.25, 0.3) is 0 Å². The van der Waals surface area contributed by atoms with E-state index in [-0.39, 0.29) is 23.6 Å². The van der Waals surface area contributed by atoms with E-state index < -0.39 is 0 Å². The quantitative estimate of drug-likeness (QED) is 0.902. The highest BCUT2D eigenvalue weighted by Gasteiger charge is 2.24. The topological polar surface area (TPSA) is 30.5 Å². The van der Waals surface area contributed by atoms with E-state index >= 15 is 0 Å². The Hall–Kier alpha value is -0.970. The van der Waals surface area contributed by atoms with Gasteiger partial charge < -0.3 is 14.8 Å². The van der Waals surface area contributed by atoms with Gasteiger partial charge in [0.05, 0.1) is 12.2 Å². The zero-order valence-electron chi connectivity index (χ0n) is 13.2. The highest BCUT2D eigenvalue weighted by molar-refractivity contribution is 5.20. The molecule has 2 rings (SSSR count). The van der Waals surface area contributed by atoms with Gasteiger partial charge in [0, 0.05) is 30.9 Å². The molecule has 1 heterocycles. The van der Waals surface area contributed by atoms with Crippen molar-refractivity contribution in [3.8, 4) is 0 Å². The molecule has 1 aromatic carbocycles. The van der Waals surface area contributed by atoms with Crippen LogP contribution < -0.4 is 5.32 Å². The Labute approximate surface area is 126 Å². The van der Waals surface area contributed by atoms with Crippen molar-refractivity contribution in [3.05, 3.63) is 35.6 Å². The van der Waals surface area contributed by atoms with E-state index in [4.69, 9.17) is 9.47 Å². The highest BCUT2D eigenvalue weighted by Crippen LogP contribution is 2.25. The fourth-order valence-corrected chi connectivity index (χ4v) is 2.41. The average molecular weight is 295 g/mol.